The second kappa shape index (κ2) is 8.79. The minimum Gasteiger partial charge on any atom is -0.497 e. The van der Waals surface area contributed by atoms with Gasteiger partial charge in [-0.1, -0.05) is 16.8 Å². The molecule has 0 bridgehead atoms. The molecule has 2 amide bonds. The van der Waals surface area contributed by atoms with E-state index in [4.69, 9.17) is 25.6 Å². The number of nitrogens with one attached hydrogen (secondary N) is 2. The fraction of sp³-hybridized carbons (Fsp3) is 0.316. The van der Waals surface area contributed by atoms with Crippen molar-refractivity contribution in [3.05, 3.63) is 52.9 Å². The highest BCUT2D eigenvalue weighted by atomic mass is 35.5. The number of carbonyl (C=O) groups is 2. The van der Waals surface area contributed by atoms with Crippen molar-refractivity contribution in [2.24, 2.45) is 5.16 Å². The summed E-state index contributed by atoms with van der Waals surface area (Å²) in [6, 6.07) is 7.90. The second-order valence-corrected chi connectivity index (χ2v) is 6.62. The topological polar surface area (TPSA) is 102 Å². The van der Waals surface area contributed by atoms with Crippen LogP contribution in [0.2, 0.25) is 5.02 Å². The van der Waals surface area contributed by atoms with Crippen molar-refractivity contribution in [3.63, 3.8) is 0 Å². The molecule has 8 nitrogen and oxygen atoms in total. The van der Waals surface area contributed by atoms with Gasteiger partial charge in [0, 0.05) is 12.0 Å². The lowest BCUT2D eigenvalue weighted by atomic mass is 10.0. The van der Waals surface area contributed by atoms with Gasteiger partial charge in [0.1, 0.15) is 17.6 Å². The Kier molecular flexibility index (Phi) is 6.20. The van der Waals surface area contributed by atoms with Gasteiger partial charge in [0.05, 0.1) is 30.7 Å². The van der Waals surface area contributed by atoms with E-state index in [1.807, 2.05) is 0 Å². The van der Waals surface area contributed by atoms with Gasteiger partial charge in [-0.25, -0.2) is 0 Å². The van der Waals surface area contributed by atoms with Gasteiger partial charge in [0.25, 0.3) is 5.91 Å². The van der Waals surface area contributed by atoms with Crippen LogP contribution in [0.15, 0.2) is 46.2 Å². The Balaban J connectivity index is 1.53. The first-order valence-corrected chi connectivity index (χ1v) is 9.02. The molecule has 0 fully saturated rings. The van der Waals surface area contributed by atoms with E-state index in [1.54, 1.807) is 44.4 Å². The highest BCUT2D eigenvalue weighted by molar-refractivity contribution is 6.34. The van der Waals surface area contributed by atoms with E-state index in [1.165, 1.54) is 6.26 Å². The van der Waals surface area contributed by atoms with Crippen LogP contribution in [0.5, 0.6) is 5.75 Å². The van der Waals surface area contributed by atoms with Crippen LogP contribution in [0.1, 0.15) is 24.7 Å². The predicted molar refractivity (Wildman–Crippen MR) is 102 cm³/mol. The summed E-state index contributed by atoms with van der Waals surface area (Å²) in [6.07, 6.45) is 0.924. The van der Waals surface area contributed by atoms with Crippen LogP contribution in [0.4, 0.5) is 0 Å². The van der Waals surface area contributed by atoms with Crippen molar-refractivity contribution in [1.29, 1.82) is 0 Å². The average molecular weight is 406 g/mol. The monoisotopic (exact) mass is 405 g/mol. The molecular formula is C19H20ClN3O5. The van der Waals surface area contributed by atoms with E-state index < -0.39 is 18.1 Å². The molecule has 9 heteroatoms. The number of rotatable bonds is 7. The molecule has 2 N–H and O–H groups in total. The molecule has 1 aliphatic rings. The van der Waals surface area contributed by atoms with E-state index >= 15 is 0 Å². The Morgan fingerprint density at radius 1 is 1.39 bits per heavy atom. The third-order valence-electron chi connectivity index (χ3n) is 4.21. The summed E-state index contributed by atoms with van der Waals surface area (Å²) in [5.41, 5.74) is 1.18. The molecule has 0 saturated carbocycles. The van der Waals surface area contributed by atoms with Crippen molar-refractivity contribution < 1.29 is 23.6 Å². The number of methoxy groups -OCH3 is 1. The molecule has 3 rings (SSSR count). The zero-order chi connectivity index (χ0) is 20.1. The van der Waals surface area contributed by atoms with Crippen LogP contribution in [0.25, 0.3) is 0 Å². The molecule has 1 aromatic heterocycles. The molecule has 2 heterocycles. The number of hydrogen-bond acceptors (Lipinski definition) is 6. The summed E-state index contributed by atoms with van der Waals surface area (Å²) in [5.74, 6) is 0.481. The van der Waals surface area contributed by atoms with Crippen LogP contribution in [0, 0.1) is 0 Å². The SMILES string of the molecule is COc1ccc(Cl)c(C2=NO[C@H](C(=O)N[C@@H](C)C(=O)NCc3ccco3)C2)c1. The number of carbonyl (C=O) groups excluding carboxylic acids is 2. The van der Waals surface area contributed by atoms with Gasteiger partial charge in [-0.15, -0.1) is 0 Å². The molecule has 0 spiro atoms. The maximum absolute atomic E-state index is 12.4. The van der Waals surface area contributed by atoms with E-state index in [2.05, 4.69) is 15.8 Å². The van der Waals surface area contributed by atoms with Crippen molar-refractivity contribution in [1.82, 2.24) is 10.6 Å². The number of benzene rings is 1. The van der Waals surface area contributed by atoms with Crippen LogP contribution in [0.3, 0.4) is 0 Å². The Labute approximate surface area is 166 Å². The Hall–Kier alpha value is -3.00. The van der Waals surface area contributed by atoms with Crippen LogP contribution >= 0.6 is 11.6 Å². The number of oxime groups is 1. The molecule has 0 unspecified atom stereocenters. The number of ether oxygens (including phenoxy) is 1. The number of amides is 2. The van der Waals surface area contributed by atoms with Gasteiger partial charge in [-0.2, -0.15) is 0 Å². The molecule has 0 saturated heterocycles. The maximum atomic E-state index is 12.4. The highest BCUT2D eigenvalue weighted by Gasteiger charge is 2.31. The first kappa shape index (κ1) is 19.8. The van der Waals surface area contributed by atoms with Crippen molar-refractivity contribution >= 4 is 29.1 Å². The summed E-state index contributed by atoms with van der Waals surface area (Å²) < 4.78 is 10.3. The van der Waals surface area contributed by atoms with Crippen LogP contribution in [-0.2, 0) is 21.0 Å². The van der Waals surface area contributed by atoms with E-state index in [-0.39, 0.29) is 18.9 Å². The minimum atomic E-state index is -0.836. The predicted octanol–water partition coefficient (Wildman–Crippen LogP) is 2.26. The molecule has 1 aromatic carbocycles. The van der Waals surface area contributed by atoms with E-state index in [0.717, 1.165) is 0 Å². The Morgan fingerprint density at radius 3 is 2.93 bits per heavy atom. The lowest BCUT2D eigenvalue weighted by Gasteiger charge is -2.15. The van der Waals surface area contributed by atoms with Crippen molar-refractivity contribution in [3.8, 4) is 5.75 Å². The van der Waals surface area contributed by atoms with E-state index in [9.17, 15) is 9.59 Å². The summed E-state index contributed by atoms with van der Waals surface area (Å²) in [7, 11) is 1.55. The largest absolute Gasteiger partial charge is 0.497 e. The minimum absolute atomic E-state index is 0.236. The average Bonchev–Trinajstić information content (AvgIpc) is 3.38. The summed E-state index contributed by atoms with van der Waals surface area (Å²) in [4.78, 5) is 29.8. The Bertz CT molecular complexity index is 882. The highest BCUT2D eigenvalue weighted by Crippen LogP contribution is 2.27. The lowest BCUT2D eigenvalue weighted by Crippen LogP contribution is -2.47. The van der Waals surface area contributed by atoms with Gasteiger partial charge in [-0.05, 0) is 37.3 Å². The third kappa shape index (κ3) is 4.64. The number of hydrogen-bond donors (Lipinski definition) is 2. The van der Waals surface area contributed by atoms with Gasteiger partial charge in [0.15, 0.2) is 0 Å². The molecule has 148 valence electrons. The van der Waals surface area contributed by atoms with Gasteiger partial charge in [-0.3, -0.25) is 9.59 Å². The summed E-state index contributed by atoms with van der Waals surface area (Å²) >= 11 is 6.21. The number of nitrogens with zero attached hydrogens (tertiary/aromatic N) is 1. The molecule has 2 atom stereocenters. The normalized spacial score (nSPS) is 16.7. The maximum Gasteiger partial charge on any atom is 0.264 e. The zero-order valence-electron chi connectivity index (χ0n) is 15.4. The third-order valence-corrected chi connectivity index (χ3v) is 4.54. The zero-order valence-corrected chi connectivity index (χ0v) is 16.2. The molecule has 2 aromatic rings. The van der Waals surface area contributed by atoms with E-state index in [0.29, 0.717) is 27.8 Å². The lowest BCUT2D eigenvalue weighted by molar-refractivity contribution is -0.135. The smallest absolute Gasteiger partial charge is 0.264 e. The molecule has 0 aliphatic carbocycles. The Morgan fingerprint density at radius 2 is 2.21 bits per heavy atom. The number of furan rings is 1. The summed E-state index contributed by atoms with van der Waals surface area (Å²) in [5, 5.41) is 9.76. The molecular weight excluding hydrogens is 386 g/mol. The number of halogens is 1. The first-order valence-electron chi connectivity index (χ1n) is 8.65. The standard InChI is InChI=1S/C19H20ClN3O5/c1-11(18(24)21-10-13-4-3-7-27-13)22-19(25)17-9-16(23-28-17)14-8-12(26-2)5-6-15(14)20/h3-8,11,17H,9-10H2,1-2H3,(H,21,24)(H,22,25)/t11-,17-/m0/s1. The van der Waals surface area contributed by atoms with Crippen molar-refractivity contribution in [2.75, 3.05) is 7.11 Å². The van der Waals surface area contributed by atoms with Gasteiger partial charge < -0.3 is 24.6 Å². The van der Waals surface area contributed by atoms with Gasteiger partial charge >= 0.3 is 0 Å². The van der Waals surface area contributed by atoms with Crippen molar-refractivity contribution in [2.45, 2.75) is 32.0 Å². The molecule has 0 radical (unpaired) electrons. The quantitative estimate of drug-likeness (QED) is 0.735. The van der Waals surface area contributed by atoms with Crippen LogP contribution < -0.4 is 15.4 Å². The second-order valence-electron chi connectivity index (χ2n) is 6.21. The molecule has 1 aliphatic heterocycles. The molecule has 28 heavy (non-hydrogen) atoms. The fourth-order valence-electron chi connectivity index (χ4n) is 2.64. The summed E-state index contributed by atoms with van der Waals surface area (Å²) in [6.45, 7) is 1.83. The van der Waals surface area contributed by atoms with Gasteiger partial charge in [0.2, 0.25) is 12.0 Å². The first-order chi connectivity index (χ1) is 13.5. The fourth-order valence-corrected chi connectivity index (χ4v) is 2.87. The van der Waals surface area contributed by atoms with Crippen LogP contribution in [-0.4, -0.2) is 36.8 Å².